The minimum atomic E-state index is -1.65. The number of hydrogen-bond donors (Lipinski definition) is 2. The molecule has 8 aliphatic rings. The third kappa shape index (κ3) is 6.28. The SMILES string of the molecule is CC(=O)OCC(=O)[C@@]1(O)CCC2C3CCC4=CC(=O)CC[C@]4(C)C3C(=O)C[C@@]21C.CC(=O)OCC(=O)[C@@]1(O)CC[C@H]2[C@@H]3CCC4=CC(=O)CC[C@]4(C)[C@H]3C(=O)C[C@@]21C. The summed E-state index contributed by atoms with van der Waals surface area (Å²) >= 11 is 0. The third-order valence-corrected chi connectivity index (χ3v) is 17.3. The number of esters is 2. The van der Waals surface area contributed by atoms with E-state index in [9.17, 15) is 48.6 Å². The van der Waals surface area contributed by atoms with Crippen LogP contribution in [-0.4, -0.2) is 81.3 Å². The molecule has 58 heavy (non-hydrogen) atoms. The van der Waals surface area contributed by atoms with Gasteiger partial charge in [-0.3, -0.25) is 38.4 Å². The van der Waals surface area contributed by atoms with Crippen LogP contribution in [0.15, 0.2) is 23.3 Å². The Morgan fingerprint density at radius 3 is 1.29 bits per heavy atom. The summed E-state index contributed by atoms with van der Waals surface area (Å²) in [6.07, 6.45) is 11.3. The average molecular weight is 805 g/mol. The average Bonchev–Trinajstić information content (AvgIpc) is 3.58. The van der Waals surface area contributed by atoms with E-state index in [4.69, 9.17) is 9.47 Å². The molecular weight excluding hydrogens is 744 g/mol. The maximum absolute atomic E-state index is 13.5. The number of carbonyl (C=O) groups is 8. The molecular formula is C46H60O12. The largest absolute Gasteiger partial charge is 0.458 e. The van der Waals surface area contributed by atoms with Crippen LogP contribution in [0.5, 0.6) is 0 Å². The highest BCUT2D eigenvalue weighted by Gasteiger charge is 2.70. The summed E-state index contributed by atoms with van der Waals surface area (Å²) in [5.41, 5.74) is -3.36. The van der Waals surface area contributed by atoms with Crippen LogP contribution in [0.25, 0.3) is 0 Å². The lowest BCUT2D eigenvalue weighted by Crippen LogP contribution is -2.61. The summed E-state index contributed by atoms with van der Waals surface area (Å²) in [6.45, 7) is 9.52. The predicted octanol–water partition coefficient (Wildman–Crippen LogP) is 5.12. The summed E-state index contributed by atoms with van der Waals surface area (Å²) in [5.74, 6) is -1.62. The van der Waals surface area contributed by atoms with E-state index in [0.29, 0.717) is 51.4 Å². The van der Waals surface area contributed by atoms with Gasteiger partial charge >= 0.3 is 11.9 Å². The maximum atomic E-state index is 13.5. The lowest BCUT2D eigenvalue weighted by Gasteiger charge is -2.57. The van der Waals surface area contributed by atoms with E-state index in [-0.39, 0.29) is 82.3 Å². The Hall–Kier alpha value is -3.64. The van der Waals surface area contributed by atoms with Crippen LogP contribution in [-0.2, 0) is 47.8 Å². The summed E-state index contributed by atoms with van der Waals surface area (Å²) in [4.78, 5) is 98.7. The molecule has 0 spiro atoms. The van der Waals surface area contributed by atoms with Crippen LogP contribution in [0.3, 0.4) is 0 Å². The van der Waals surface area contributed by atoms with Crippen LogP contribution >= 0.6 is 0 Å². The van der Waals surface area contributed by atoms with E-state index < -0.39 is 58.8 Å². The molecule has 0 amide bonds. The van der Waals surface area contributed by atoms with Crippen molar-refractivity contribution in [3.8, 4) is 0 Å². The highest BCUT2D eigenvalue weighted by Crippen LogP contribution is 2.68. The van der Waals surface area contributed by atoms with E-state index >= 15 is 0 Å². The molecule has 2 N–H and O–H groups in total. The van der Waals surface area contributed by atoms with Crippen molar-refractivity contribution >= 4 is 46.6 Å². The zero-order valence-corrected chi connectivity index (χ0v) is 34.9. The van der Waals surface area contributed by atoms with Crippen molar-refractivity contribution in [3.63, 3.8) is 0 Å². The van der Waals surface area contributed by atoms with Gasteiger partial charge in [-0.15, -0.1) is 0 Å². The molecule has 12 nitrogen and oxygen atoms in total. The number of aliphatic hydroxyl groups is 2. The molecule has 0 aromatic carbocycles. The van der Waals surface area contributed by atoms with Crippen molar-refractivity contribution in [2.45, 2.75) is 143 Å². The molecule has 316 valence electrons. The summed E-state index contributed by atoms with van der Waals surface area (Å²) in [5, 5.41) is 22.8. The zero-order valence-electron chi connectivity index (χ0n) is 34.9. The van der Waals surface area contributed by atoms with Gasteiger partial charge < -0.3 is 19.7 Å². The lowest BCUT2D eigenvalue weighted by atomic mass is 9.46. The van der Waals surface area contributed by atoms with Crippen molar-refractivity contribution in [2.75, 3.05) is 13.2 Å². The second-order valence-corrected chi connectivity index (χ2v) is 20.0. The molecule has 0 heterocycles. The summed E-state index contributed by atoms with van der Waals surface area (Å²) < 4.78 is 9.73. The van der Waals surface area contributed by atoms with Crippen LogP contribution in [0.1, 0.15) is 131 Å². The number of rotatable bonds is 6. The van der Waals surface area contributed by atoms with Gasteiger partial charge in [-0.05, 0) is 111 Å². The number of hydrogen-bond acceptors (Lipinski definition) is 12. The number of carbonyl (C=O) groups excluding carboxylic acids is 8. The molecule has 8 aliphatic carbocycles. The van der Waals surface area contributed by atoms with Crippen LogP contribution in [0.2, 0.25) is 0 Å². The monoisotopic (exact) mass is 804 g/mol. The smallest absolute Gasteiger partial charge is 0.303 e. The maximum Gasteiger partial charge on any atom is 0.303 e. The highest BCUT2D eigenvalue weighted by molar-refractivity contribution is 5.96. The van der Waals surface area contributed by atoms with E-state index in [2.05, 4.69) is 13.8 Å². The van der Waals surface area contributed by atoms with Crippen molar-refractivity contribution < 1.29 is 58.0 Å². The second-order valence-electron chi connectivity index (χ2n) is 20.0. The van der Waals surface area contributed by atoms with Gasteiger partial charge in [0.1, 0.15) is 22.8 Å². The second kappa shape index (κ2) is 14.5. The molecule has 0 aliphatic heterocycles. The number of allylic oxidation sites excluding steroid dienone is 2. The molecule has 3 unspecified atom stereocenters. The Bertz CT molecular complexity index is 1790. The molecule has 0 bridgehead atoms. The fourth-order valence-corrected chi connectivity index (χ4v) is 14.3. The van der Waals surface area contributed by atoms with Gasteiger partial charge in [0, 0.05) is 62.2 Å². The topological polar surface area (TPSA) is 195 Å². The van der Waals surface area contributed by atoms with Gasteiger partial charge in [-0.25, -0.2) is 0 Å². The predicted molar refractivity (Wildman–Crippen MR) is 207 cm³/mol. The van der Waals surface area contributed by atoms with Crippen LogP contribution in [0.4, 0.5) is 0 Å². The van der Waals surface area contributed by atoms with Crippen LogP contribution < -0.4 is 0 Å². The van der Waals surface area contributed by atoms with E-state index in [1.165, 1.54) is 13.8 Å². The summed E-state index contributed by atoms with van der Waals surface area (Å²) in [7, 11) is 0. The van der Waals surface area contributed by atoms with Gasteiger partial charge in [0.05, 0.1) is 0 Å². The van der Waals surface area contributed by atoms with Gasteiger partial charge in [0.25, 0.3) is 0 Å². The van der Waals surface area contributed by atoms with E-state index in [0.717, 1.165) is 36.8 Å². The molecule has 6 fully saturated rings. The van der Waals surface area contributed by atoms with Crippen molar-refractivity contribution in [3.05, 3.63) is 23.3 Å². The van der Waals surface area contributed by atoms with Gasteiger partial charge in [0.2, 0.25) is 11.6 Å². The van der Waals surface area contributed by atoms with Crippen LogP contribution in [0, 0.1) is 57.2 Å². The van der Waals surface area contributed by atoms with Gasteiger partial charge in [0.15, 0.2) is 24.8 Å². The highest BCUT2D eigenvalue weighted by atomic mass is 16.5. The fraction of sp³-hybridized carbons (Fsp3) is 0.739. The van der Waals surface area contributed by atoms with E-state index in [1.807, 2.05) is 13.8 Å². The Morgan fingerprint density at radius 2 is 0.948 bits per heavy atom. The first-order valence-electron chi connectivity index (χ1n) is 21.4. The molecule has 12 atom stereocenters. The van der Waals surface area contributed by atoms with Gasteiger partial charge in [-0.1, -0.05) is 38.8 Å². The zero-order chi connectivity index (χ0) is 42.4. The molecule has 0 aromatic rings. The normalized spacial score (nSPS) is 43.7. The van der Waals surface area contributed by atoms with Crippen molar-refractivity contribution in [2.24, 2.45) is 57.2 Å². The number of ketones is 6. The summed E-state index contributed by atoms with van der Waals surface area (Å²) in [6, 6.07) is 0. The minimum Gasteiger partial charge on any atom is -0.458 e. The molecule has 0 aromatic heterocycles. The first kappa shape index (κ1) is 42.5. The molecule has 12 heteroatoms. The first-order valence-corrected chi connectivity index (χ1v) is 21.4. The molecule has 0 saturated heterocycles. The number of Topliss-reactive ketones (excluding diaryl/α,β-unsaturated/α-hetero) is 4. The van der Waals surface area contributed by atoms with E-state index in [1.54, 1.807) is 12.2 Å². The molecule has 0 radical (unpaired) electrons. The lowest BCUT2D eigenvalue weighted by molar-refractivity contribution is -0.173. The van der Waals surface area contributed by atoms with Crippen molar-refractivity contribution in [1.29, 1.82) is 0 Å². The quantitative estimate of drug-likeness (QED) is 0.337. The molecule has 6 saturated carbocycles. The van der Waals surface area contributed by atoms with Gasteiger partial charge in [-0.2, -0.15) is 0 Å². The fourth-order valence-electron chi connectivity index (χ4n) is 14.3. The Morgan fingerprint density at radius 1 is 0.586 bits per heavy atom. The minimum absolute atomic E-state index is 0.0625. The standard InChI is InChI=1S/2C23H30O6/c2*1-13(24)29-12-19(27)23(28)9-7-17-16-5-4-14-10-15(25)6-8-21(14,2)20(16)18(26)11-22(17,23)3/h2*10,16-17,20,28H,4-9,11-12H2,1-3H3/t16?,17?,20?,21-,22-,23-;16-,17-,20+,21-,22-,23-/m00/s1. The third-order valence-electron chi connectivity index (χ3n) is 17.3. The first-order chi connectivity index (χ1) is 27.1. The Labute approximate surface area is 340 Å². The number of ether oxygens (including phenoxy) is 2. The Balaban J connectivity index is 0.000000177. The Kier molecular flexibility index (Phi) is 10.6. The number of fused-ring (bicyclic) bond motifs is 10. The molecule has 8 rings (SSSR count). The van der Waals surface area contributed by atoms with Crippen molar-refractivity contribution in [1.82, 2.24) is 0 Å².